The average molecular weight is 302 g/mol. The fraction of sp³-hybridized carbons (Fsp3) is 0.786. The standard InChI is InChI=1S/C14H25NOSe/c1-5-8-12(14(4,16)11(2)3)13(17)15-9-6-7-10-15/h5,11-12,16H,1,6-10H2,2-4H3/t12-,14-/m1/s1. The molecule has 98 valence electrons. The second-order valence-electron chi connectivity index (χ2n) is 5.49. The van der Waals surface area contributed by atoms with Crippen molar-refractivity contribution in [3.63, 3.8) is 0 Å². The molecule has 0 saturated carbocycles. The van der Waals surface area contributed by atoms with Crippen molar-refractivity contribution in [2.24, 2.45) is 11.8 Å². The maximum absolute atomic E-state index is 10.7. The quantitative estimate of drug-likeness (QED) is 0.599. The molecule has 1 saturated heterocycles. The van der Waals surface area contributed by atoms with Crippen molar-refractivity contribution in [3.8, 4) is 0 Å². The molecule has 1 fully saturated rings. The van der Waals surface area contributed by atoms with Gasteiger partial charge >= 0.3 is 113 Å². The van der Waals surface area contributed by atoms with E-state index >= 15 is 0 Å². The molecule has 0 aliphatic carbocycles. The van der Waals surface area contributed by atoms with Gasteiger partial charge in [0.15, 0.2) is 0 Å². The molecule has 0 unspecified atom stereocenters. The third-order valence-electron chi connectivity index (χ3n) is 3.99. The molecule has 0 amide bonds. The predicted octanol–water partition coefficient (Wildman–Crippen LogP) is 1.98. The summed E-state index contributed by atoms with van der Waals surface area (Å²) in [5.74, 6) is 0.372. The Kier molecular flexibility index (Phi) is 5.43. The number of aliphatic hydroxyl groups is 1. The Morgan fingerprint density at radius 3 is 2.41 bits per heavy atom. The van der Waals surface area contributed by atoms with Crippen LogP contribution in [0.4, 0.5) is 0 Å². The minimum atomic E-state index is -0.683. The molecule has 0 spiro atoms. The number of allylic oxidation sites excluding steroid dienone is 1. The normalized spacial score (nSPS) is 21.4. The predicted molar refractivity (Wildman–Crippen MR) is 75.3 cm³/mol. The summed E-state index contributed by atoms with van der Waals surface area (Å²) in [4.78, 5) is 2.38. The second kappa shape index (κ2) is 6.17. The Morgan fingerprint density at radius 2 is 2.00 bits per heavy atom. The summed E-state index contributed by atoms with van der Waals surface area (Å²) in [6.07, 6.45) is 5.25. The molecule has 2 nitrogen and oxygen atoms in total. The molecule has 0 radical (unpaired) electrons. The molecule has 0 aromatic heterocycles. The van der Waals surface area contributed by atoms with Crippen molar-refractivity contribution in [2.45, 2.75) is 45.6 Å². The Labute approximate surface area is 113 Å². The van der Waals surface area contributed by atoms with Gasteiger partial charge in [-0.05, 0) is 0 Å². The number of nitrogens with zero attached hydrogens (tertiary/aromatic N) is 1. The maximum atomic E-state index is 10.7. The molecule has 17 heavy (non-hydrogen) atoms. The molecule has 1 N–H and O–H groups in total. The van der Waals surface area contributed by atoms with Crippen molar-refractivity contribution in [2.75, 3.05) is 13.1 Å². The van der Waals surface area contributed by atoms with Gasteiger partial charge in [-0.1, -0.05) is 0 Å². The van der Waals surface area contributed by atoms with E-state index in [0.29, 0.717) is 0 Å². The molecule has 1 aliphatic heterocycles. The number of hydrogen-bond donors (Lipinski definition) is 1. The van der Waals surface area contributed by atoms with Crippen molar-refractivity contribution in [3.05, 3.63) is 12.7 Å². The second-order valence-corrected chi connectivity index (χ2v) is 6.37. The van der Waals surface area contributed by atoms with Gasteiger partial charge in [0.2, 0.25) is 0 Å². The van der Waals surface area contributed by atoms with Crippen molar-refractivity contribution < 1.29 is 5.11 Å². The summed E-state index contributed by atoms with van der Waals surface area (Å²) in [6, 6.07) is 0. The van der Waals surface area contributed by atoms with Crippen LogP contribution in [0.15, 0.2) is 12.7 Å². The Balaban J connectivity index is 2.83. The zero-order chi connectivity index (χ0) is 13.1. The van der Waals surface area contributed by atoms with Crippen LogP contribution in [0.25, 0.3) is 0 Å². The molecule has 1 heterocycles. The molecule has 1 aliphatic rings. The molecule has 1 rings (SSSR count). The van der Waals surface area contributed by atoms with Crippen LogP contribution in [0.2, 0.25) is 0 Å². The van der Waals surface area contributed by atoms with Crippen molar-refractivity contribution in [1.82, 2.24) is 4.90 Å². The van der Waals surface area contributed by atoms with E-state index in [1.807, 2.05) is 13.0 Å². The third kappa shape index (κ3) is 3.43. The van der Waals surface area contributed by atoms with Gasteiger partial charge in [-0.25, -0.2) is 0 Å². The molecule has 2 atom stereocenters. The Morgan fingerprint density at radius 1 is 1.47 bits per heavy atom. The number of hydrogen-bond acceptors (Lipinski definition) is 2. The van der Waals surface area contributed by atoms with E-state index in [9.17, 15) is 5.11 Å². The van der Waals surface area contributed by atoms with Crippen LogP contribution in [-0.4, -0.2) is 48.8 Å². The first kappa shape index (κ1) is 14.9. The fourth-order valence-electron chi connectivity index (χ4n) is 2.32. The first-order valence-electron chi connectivity index (χ1n) is 6.53. The van der Waals surface area contributed by atoms with Crippen LogP contribution in [0, 0.1) is 11.8 Å². The monoisotopic (exact) mass is 303 g/mol. The van der Waals surface area contributed by atoms with E-state index in [2.05, 4.69) is 40.9 Å². The average Bonchev–Trinajstić information content (AvgIpc) is 2.77. The zero-order valence-electron chi connectivity index (χ0n) is 11.3. The van der Waals surface area contributed by atoms with Crippen LogP contribution < -0.4 is 0 Å². The topological polar surface area (TPSA) is 23.5 Å². The summed E-state index contributed by atoms with van der Waals surface area (Å²) >= 11 is 3.20. The van der Waals surface area contributed by atoms with E-state index in [1.54, 1.807) is 0 Å². The Bertz CT molecular complexity index is 280. The van der Waals surface area contributed by atoms with E-state index in [4.69, 9.17) is 0 Å². The van der Waals surface area contributed by atoms with Crippen molar-refractivity contribution >= 4 is 20.1 Å². The molecule has 0 aromatic carbocycles. The molecule has 3 heteroatoms. The van der Waals surface area contributed by atoms with Gasteiger partial charge in [-0.15, -0.1) is 0 Å². The summed E-state index contributed by atoms with van der Waals surface area (Å²) in [5, 5.41) is 10.7. The first-order chi connectivity index (χ1) is 7.91. The van der Waals surface area contributed by atoms with Gasteiger partial charge in [0.1, 0.15) is 0 Å². The van der Waals surface area contributed by atoms with Crippen LogP contribution in [0.5, 0.6) is 0 Å². The van der Waals surface area contributed by atoms with Gasteiger partial charge < -0.3 is 0 Å². The van der Waals surface area contributed by atoms with Gasteiger partial charge in [-0.2, -0.15) is 0 Å². The zero-order valence-corrected chi connectivity index (χ0v) is 13.0. The van der Waals surface area contributed by atoms with Gasteiger partial charge in [-0.3, -0.25) is 0 Å². The number of likely N-dealkylation sites (tertiary alicyclic amines) is 1. The van der Waals surface area contributed by atoms with Crippen LogP contribution in [-0.2, 0) is 0 Å². The van der Waals surface area contributed by atoms with E-state index in [-0.39, 0.29) is 11.8 Å². The van der Waals surface area contributed by atoms with Gasteiger partial charge in [0, 0.05) is 0 Å². The van der Waals surface area contributed by atoms with Gasteiger partial charge in [0.05, 0.1) is 0 Å². The van der Waals surface area contributed by atoms with E-state index in [1.165, 1.54) is 17.4 Å². The molecule has 0 bridgehead atoms. The number of rotatable bonds is 6. The van der Waals surface area contributed by atoms with E-state index < -0.39 is 5.60 Å². The molecule has 0 aromatic rings. The summed E-state index contributed by atoms with van der Waals surface area (Å²) < 4.78 is 1.21. The van der Waals surface area contributed by atoms with Crippen LogP contribution in [0.1, 0.15) is 40.0 Å². The van der Waals surface area contributed by atoms with Crippen LogP contribution in [0.3, 0.4) is 0 Å². The first-order valence-corrected chi connectivity index (χ1v) is 7.39. The summed E-state index contributed by atoms with van der Waals surface area (Å²) in [7, 11) is 0. The summed E-state index contributed by atoms with van der Waals surface area (Å²) in [6.45, 7) is 12.2. The van der Waals surface area contributed by atoms with Crippen LogP contribution >= 0.6 is 0 Å². The fourth-order valence-corrected chi connectivity index (χ4v) is 3.40. The van der Waals surface area contributed by atoms with E-state index in [0.717, 1.165) is 19.5 Å². The molecular formula is C14H25NOSe. The Hall–Kier alpha value is -0.111. The van der Waals surface area contributed by atoms with Crippen molar-refractivity contribution in [1.29, 1.82) is 0 Å². The van der Waals surface area contributed by atoms with Gasteiger partial charge in [0.25, 0.3) is 0 Å². The summed E-state index contributed by atoms with van der Waals surface area (Å²) in [5.41, 5.74) is -0.683. The minimum absolute atomic E-state index is 0.137. The third-order valence-corrected chi connectivity index (χ3v) is 5.13. The molecular weight excluding hydrogens is 277 g/mol. The SMILES string of the molecule is C=CC[C@H](C(=[Se])N1CCCC1)[C@](C)(O)C(C)C.